The number of piperidine rings is 1. The van der Waals surface area contributed by atoms with Gasteiger partial charge in [-0.25, -0.2) is 9.97 Å². The summed E-state index contributed by atoms with van der Waals surface area (Å²) in [7, 11) is 0. The fourth-order valence-corrected chi connectivity index (χ4v) is 3.77. The number of hydrogen-bond donors (Lipinski definition) is 0. The number of rotatable bonds is 4. The van der Waals surface area contributed by atoms with Gasteiger partial charge < -0.3 is 9.64 Å². The number of ether oxygens (including phenoxy) is 1. The highest BCUT2D eigenvalue weighted by atomic mass is 16.5. The molecule has 0 amide bonds. The van der Waals surface area contributed by atoms with E-state index >= 15 is 0 Å². The first-order valence-electron chi connectivity index (χ1n) is 9.89. The Labute approximate surface area is 161 Å². The van der Waals surface area contributed by atoms with E-state index in [1.807, 2.05) is 44.2 Å². The molecule has 3 aromatic rings. The minimum Gasteiger partial charge on any atom is -0.491 e. The summed E-state index contributed by atoms with van der Waals surface area (Å²) in [6.07, 6.45) is 2.68. The lowest BCUT2D eigenvalue weighted by Gasteiger charge is -2.32. The van der Waals surface area contributed by atoms with Crippen molar-refractivity contribution >= 4 is 16.7 Å². The van der Waals surface area contributed by atoms with Crippen LogP contribution in [0.4, 0.5) is 5.82 Å². The number of para-hydroxylation sites is 1. The second kappa shape index (κ2) is 7.55. The molecule has 0 radical (unpaired) electrons. The van der Waals surface area contributed by atoms with Crippen molar-refractivity contribution in [3.63, 3.8) is 0 Å². The predicted molar refractivity (Wildman–Crippen MR) is 111 cm³/mol. The Morgan fingerprint density at radius 1 is 1.04 bits per heavy atom. The summed E-state index contributed by atoms with van der Waals surface area (Å²) in [5, 5.41) is 1.13. The Balaban J connectivity index is 1.75. The topological polar surface area (TPSA) is 38.2 Å². The van der Waals surface area contributed by atoms with Gasteiger partial charge in [0.25, 0.3) is 0 Å². The lowest BCUT2D eigenvalue weighted by Crippen LogP contribution is -2.35. The minimum atomic E-state index is 0.167. The van der Waals surface area contributed by atoms with Crippen LogP contribution in [0.2, 0.25) is 0 Å². The Morgan fingerprint density at radius 2 is 1.81 bits per heavy atom. The molecule has 0 N–H and O–H groups in total. The molecule has 4 nitrogen and oxygen atoms in total. The van der Waals surface area contributed by atoms with Crippen LogP contribution in [0, 0.1) is 5.92 Å². The van der Waals surface area contributed by atoms with Crippen molar-refractivity contribution in [2.75, 3.05) is 18.0 Å². The lowest BCUT2D eigenvalue weighted by molar-refractivity contribution is 0.242. The maximum absolute atomic E-state index is 5.76. The van der Waals surface area contributed by atoms with E-state index in [9.17, 15) is 0 Å². The zero-order valence-electron chi connectivity index (χ0n) is 16.4. The molecule has 1 aliphatic heterocycles. The van der Waals surface area contributed by atoms with E-state index in [4.69, 9.17) is 14.7 Å². The Kier molecular flexibility index (Phi) is 4.97. The van der Waals surface area contributed by atoms with Crippen molar-refractivity contribution in [2.45, 2.75) is 39.7 Å². The first kappa shape index (κ1) is 17.8. The summed E-state index contributed by atoms with van der Waals surface area (Å²) >= 11 is 0. The third-order valence-electron chi connectivity index (χ3n) is 5.02. The first-order chi connectivity index (χ1) is 13.1. The van der Waals surface area contributed by atoms with Gasteiger partial charge in [-0.1, -0.05) is 19.1 Å². The van der Waals surface area contributed by atoms with Gasteiger partial charge in [0.2, 0.25) is 0 Å². The number of benzene rings is 2. The molecule has 4 rings (SSSR count). The van der Waals surface area contributed by atoms with Crippen molar-refractivity contribution in [3.8, 4) is 17.1 Å². The summed E-state index contributed by atoms with van der Waals surface area (Å²) in [4.78, 5) is 12.3. The molecule has 27 heavy (non-hydrogen) atoms. The van der Waals surface area contributed by atoms with E-state index in [2.05, 4.69) is 30.0 Å². The van der Waals surface area contributed by atoms with Crippen LogP contribution < -0.4 is 9.64 Å². The monoisotopic (exact) mass is 361 g/mol. The molecular weight excluding hydrogens is 334 g/mol. The van der Waals surface area contributed by atoms with Gasteiger partial charge in [0.05, 0.1) is 11.6 Å². The number of nitrogens with zero attached hydrogens (tertiary/aromatic N) is 3. The van der Waals surface area contributed by atoms with Crippen LogP contribution in [0.1, 0.15) is 33.6 Å². The fraction of sp³-hybridized carbons (Fsp3) is 0.391. The highest BCUT2D eigenvalue weighted by Gasteiger charge is 2.21. The van der Waals surface area contributed by atoms with E-state index in [-0.39, 0.29) is 6.10 Å². The molecule has 2 heterocycles. The molecule has 0 bridgehead atoms. The van der Waals surface area contributed by atoms with Gasteiger partial charge in [0.15, 0.2) is 5.82 Å². The highest BCUT2D eigenvalue weighted by molar-refractivity contribution is 5.91. The van der Waals surface area contributed by atoms with Crippen molar-refractivity contribution in [3.05, 3.63) is 48.5 Å². The molecule has 1 aliphatic rings. The summed E-state index contributed by atoms with van der Waals surface area (Å²) in [6, 6.07) is 16.4. The van der Waals surface area contributed by atoms with Crippen LogP contribution >= 0.6 is 0 Å². The summed E-state index contributed by atoms with van der Waals surface area (Å²) in [5.74, 6) is 3.41. The Morgan fingerprint density at radius 3 is 2.56 bits per heavy atom. The van der Waals surface area contributed by atoms with Crippen LogP contribution in [-0.2, 0) is 0 Å². The Hall–Kier alpha value is -2.62. The van der Waals surface area contributed by atoms with Gasteiger partial charge in [-0.05, 0) is 69.0 Å². The number of fused-ring (bicyclic) bond motifs is 1. The second-order valence-corrected chi connectivity index (χ2v) is 7.77. The summed E-state index contributed by atoms with van der Waals surface area (Å²) in [6.45, 7) is 8.51. The largest absolute Gasteiger partial charge is 0.491 e. The van der Waals surface area contributed by atoms with Crippen LogP contribution in [0.5, 0.6) is 5.75 Å². The van der Waals surface area contributed by atoms with Crippen molar-refractivity contribution < 1.29 is 4.74 Å². The zero-order chi connectivity index (χ0) is 18.8. The van der Waals surface area contributed by atoms with E-state index in [0.717, 1.165) is 46.9 Å². The maximum atomic E-state index is 5.76. The minimum absolute atomic E-state index is 0.167. The van der Waals surface area contributed by atoms with Crippen molar-refractivity contribution in [1.29, 1.82) is 0 Å². The lowest BCUT2D eigenvalue weighted by atomic mass is 10.00. The Bertz CT molecular complexity index is 921. The summed E-state index contributed by atoms with van der Waals surface area (Å²) in [5.41, 5.74) is 2.02. The first-order valence-corrected chi connectivity index (χ1v) is 9.89. The number of anilines is 1. The molecule has 1 atom stereocenters. The van der Waals surface area contributed by atoms with E-state index in [1.54, 1.807) is 0 Å². The molecule has 0 spiro atoms. The van der Waals surface area contributed by atoms with Gasteiger partial charge in [0, 0.05) is 24.0 Å². The molecule has 1 fully saturated rings. The highest BCUT2D eigenvalue weighted by Crippen LogP contribution is 2.31. The van der Waals surface area contributed by atoms with Gasteiger partial charge in [0.1, 0.15) is 11.6 Å². The van der Waals surface area contributed by atoms with E-state index in [0.29, 0.717) is 5.92 Å². The summed E-state index contributed by atoms with van der Waals surface area (Å²) < 4.78 is 5.76. The van der Waals surface area contributed by atoms with Crippen molar-refractivity contribution in [2.24, 2.45) is 5.92 Å². The molecule has 1 unspecified atom stereocenters. The average molecular weight is 361 g/mol. The maximum Gasteiger partial charge on any atom is 0.162 e. The number of aromatic nitrogens is 2. The third kappa shape index (κ3) is 3.90. The molecule has 0 aliphatic carbocycles. The molecule has 140 valence electrons. The quantitative estimate of drug-likeness (QED) is 0.630. The standard InChI is InChI=1S/C23H27N3O/c1-16(2)27-19-12-10-18(11-13-19)22-24-21-9-5-4-8-20(21)23(25-22)26-14-6-7-17(3)15-26/h4-5,8-13,16-17H,6-7,14-15H2,1-3H3. The molecule has 2 aromatic carbocycles. The van der Waals surface area contributed by atoms with Gasteiger partial charge in [-0.3, -0.25) is 0 Å². The van der Waals surface area contributed by atoms with Gasteiger partial charge >= 0.3 is 0 Å². The second-order valence-electron chi connectivity index (χ2n) is 7.77. The normalized spacial score (nSPS) is 17.5. The van der Waals surface area contributed by atoms with Crippen LogP contribution in [0.3, 0.4) is 0 Å². The van der Waals surface area contributed by atoms with Gasteiger partial charge in [-0.2, -0.15) is 0 Å². The molecule has 0 saturated carbocycles. The smallest absolute Gasteiger partial charge is 0.162 e. The zero-order valence-corrected chi connectivity index (χ0v) is 16.4. The predicted octanol–water partition coefficient (Wildman–Crippen LogP) is 5.32. The third-order valence-corrected chi connectivity index (χ3v) is 5.02. The van der Waals surface area contributed by atoms with E-state index in [1.165, 1.54) is 12.8 Å². The molecule has 1 aromatic heterocycles. The fourth-order valence-electron chi connectivity index (χ4n) is 3.77. The SMILES string of the molecule is CC1CCCN(c2nc(-c3ccc(OC(C)C)cc3)nc3ccccc23)C1. The molecular formula is C23H27N3O. The van der Waals surface area contributed by atoms with E-state index < -0.39 is 0 Å². The van der Waals surface area contributed by atoms with Crippen LogP contribution in [0.25, 0.3) is 22.3 Å². The molecule has 1 saturated heterocycles. The van der Waals surface area contributed by atoms with Crippen molar-refractivity contribution in [1.82, 2.24) is 9.97 Å². The van der Waals surface area contributed by atoms with Gasteiger partial charge in [-0.15, -0.1) is 0 Å². The number of hydrogen-bond acceptors (Lipinski definition) is 4. The van der Waals surface area contributed by atoms with Crippen LogP contribution in [-0.4, -0.2) is 29.2 Å². The molecule has 4 heteroatoms. The average Bonchev–Trinajstić information content (AvgIpc) is 2.67. The van der Waals surface area contributed by atoms with Crippen LogP contribution in [0.15, 0.2) is 48.5 Å².